The maximum atomic E-state index is 13.5. The van der Waals surface area contributed by atoms with Crippen LogP contribution in [0.3, 0.4) is 0 Å². The second-order valence-electron chi connectivity index (χ2n) is 10.3. The van der Waals surface area contributed by atoms with Crippen LogP contribution in [0.1, 0.15) is 61.7 Å². The van der Waals surface area contributed by atoms with E-state index in [0.29, 0.717) is 30.1 Å². The minimum Gasteiger partial charge on any atom is -0.496 e. The minimum absolute atomic E-state index is 0.147. The third-order valence-corrected chi connectivity index (χ3v) is 8.23. The number of amides is 2. The summed E-state index contributed by atoms with van der Waals surface area (Å²) in [6, 6.07) is 6.45. The molecule has 6 rings (SSSR count). The van der Waals surface area contributed by atoms with E-state index in [-0.39, 0.29) is 11.3 Å². The van der Waals surface area contributed by atoms with Crippen molar-refractivity contribution in [2.45, 2.75) is 57.4 Å². The van der Waals surface area contributed by atoms with Gasteiger partial charge in [-0.2, -0.15) is 0 Å². The van der Waals surface area contributed by atoms with E-state index in [9.17, 15) is 14.4 Å². The lowest BCUT2D eigenvalue weighted by molar-refractivity contribution is -0.145. The number of nitrogens with one attached hydrogen (secondary N) is 1. The molecule has 0 radical (unpaired) electrons. The highest BCUT2D eigenvalue weighted by molar-refractivity contribution is 6.07. The molecule has 1 heterocycles. The molecule has 0 aromatic heterocycles. The summed E-state index contributed by atoms with van der Waals surface area (Å²) in [5, 5.41) is 2.54. The Morgan fingerprint density at radius 1 is 1.06 bits per heavy atom. The van der Waals surface area contributed by atoms with Gasteiger partial charge < -0.3 is 4.74 Å². The Labute approximate surface area is 183 Å². The molecule has 4 aliphatic carbocycles. The van der Waals surface area contributed by atoms with Gasteiger partial charge in [0, 0.05) is 5.41 Å². The highest BCUT2D eigenvalue weighted by atomic mass is 16.5. The van der Waals surface area contributed by atoms with Crippen LogP contribution < -0.4 is 10.1 Å². The Morgan fingerprint density at radius 2 is 1.71 bits per heavy atom. The lowest BCUT2D eigenvalue weighted by Gasteiger charge is -2.56. The van der Waals surface area contributed by atoms with Crippen LogP contribution >= 0.6 is 0 Å². The first-order valence-corrected chi connectivity index (χ1v) is 11.7. The summed E-state index contributed by atoms with van der Waals surface area (Å²) < 4.78 is 5.24. The van der Waals surface area contributed by atoms with Crippen molar-refractivity contribution in [2.75, 3.05) is 20.2 Å². The molecular weight excluding hydrogens is 392 g/mol. The first kappa shape index (κ1) is 20.7. The number of nitrogens with zero attached hydrogens (tertiary/aromatic N) is 1. The number of ether oxygens (including phenoxy) is 1. The summed E-state index contributed by atoms with van der Waals surface area (Å²) in [5.74, 6) is 2.19. The molecule has 31 heavy (non-hydrogen) atoms. The maximum Gasteiger partial charge on any atom is 0.261 e. The average Bonchev–Trinajstić information content (AvgIpc) is 3.21. The quantitative estimate of drug-likeness (QED) is 0.710. The number of carbonyl (C=O) groups is 3. The standard InChI is InChI=1S/C25H32N2O4/c1-31-21-7-3-2-5-19(21)23(29)26-24(30)20-6-4-8-27(20)15-22(28)25-12-16-9-17(13-25)11-18(10-16)14-25/h2-3,5,7,16-18,20H,4,6,8-15H2,1H3,(H,26,29,30)/t16?,17?,18?,20-,25?/m0/s1. The molecule has 4 bridgehead atoms. The number of likely N-dealkylation sites (tertiary alicyclic amines) is 1. The van der Waals surface area contributed by atoms with E-state index >= 15 is 0 Å². The van der Waals surface area contributed by atoms with Crippen LogP contribution in [0.15, 0.2) is 24.3 Å². The molecule has 6 nitrogen and oxygen atoms in total. The maximum absolute atomic E-state index is 13.5. The van der Waals surface area contributed by atoms with Crippen LogP contribution in [0.25, 0.3) is 0 Å². The van der Waals surface area contributed by atoms with Crippen LogP contribution in [-0.4, -0.2) is 48.7 Å². The highest BCUT2D eigenvalue weighted by Crippen LogP contribution is 2.60. The van der Waals surface area contributed by atoms with Crippen molar-refractivity contribution >= 4 is 17.6 Å². The third-order valence-electron chi connectivity index (χ3n) is 8.23. The van der Waals surface area contributed by atoms with E-state index in [1.54, 1.807) is 24.3 Å². The summed E-state index contributed by atoms with van der Waals surface area (Å²) >= 11 is 0. The molecule has 0 spiro atoms. The van der Waals surface area contributed by atoms with Gasteiger partial charge in [0.05, 0.1) is 25.3 Å². The first-order chi connectivity index (χ1) is 15.0. The third kappa shape index (κ3) is 3.79. The fraction of sp³-hybridized carbons (Fsp3) is 0.640. The van der Waals surface area contributed by atoms with Crippen LogP contribution in [0.4, 0.5) is 0 Å². The van der Waals surface area contributed by atoms with Gasteiger partial charge in [-0.3, -0.25) is 24.6 Å². The topological polar surface area (TPSA) is 75.7 Å². The van der Waals surface area contributed by atoms with Gasteiger partial charge in [-0.05, 0) is 87.8 Å². The minimum atomic E-state index is -0.457. The van der Waals surface area contributed by atoms with E-state index < -0.39 is 11.9 Å². The normalized spacial score (nSPS) is 34.0. The molecule has 4 saturated carbocycles. The predicted octanol–water partition coefficient (Wildman–Crippen LogP) is 3.20. The fourth-order valence-electron chi connectivity index (χ4n) is 7.21. The van der Waals surface area contributed by atoms with E-state index in [4.69, 9.17) is 4.74 Å². The van der Waals surface area contributed by atoms with Gasteiger partial charge in [0.25, 0.3) is 5.91 Å². The number of para-hydroxylation sites is 1. The summed E-state index contributed by atoms with van der Waals surface area (Å²) in [4.78, 5) is 41.1. The molecule has 1 aliphatic heterocycles. The zero-order chi connectivity index (χ0) is 21.6. The monoisotopic (exact) mass is 424 g/mol. The smallest absolute Gasteiger partial charge is 0.261 e. The van der Waals surface area contributed by atoms with Crippen LogP contribution in [0, 0.1) is 23.2 Å². The summed E-state index contributed by atoms with van der Waals surface area (Å²) in [6.45, 7) is 1.08. The summed E-state index contributed by atoms with van der Waals surface area (Å²) in [7, 11) is 1.50. The number of ketones is 1. The average molecular weight is 425 g/mol. The summed E-state index contributed by atoms with van der Waals surface area (Å²) in [6.07, 6.45) is 8.64. The van der Waals surface area contributed by atoms with Crippen LogP contribution in [-0.2, 0) is 9.59 Å². The number of carbonyl (C=O) groups excluding carboxylic acids is 3. The van der Waals surface area contributed by atoms with Crippen molar-refractivity contribution < 1.29 is 19.1 Å². The molecule has 1 aromatic carbocycles. The van der Waals surface area contributed by atoms with E-state index in [0.717, 1.165) is 50.0 Å². The molecule has 1 aromatic rings. The predicted molar refractivity (Wildman–Crippen MR) is 116 cm³/mol. The van der Waals surface area contributed by atoms with Crippen LogP contribution in [0.5, 0.6) is 5.75 Å². The number of methoxy groups -OCH3 is 1. The number of Topliss-reactive ketones (excluding diaryl/α,β-unsaturated/α-hetero) is 1. The molecule has 0 unspecified atom stereocenters. The van der Waals surface area contributed by atoms with E-state index in [1.807, 2.05) is 4.90 Å². The van der Waals surface area contributed by atoms with E-state index in [1.165, 1.54) is 26.4 Å². The van der Waals surface area contributed by atoms with Crippen molar-refractivity contribution in [3.8, 4) is 5.75 Å². The SMILES string of the molecule is COc1ccccc1C(=O)NC(=O)[C@@H]1CCCN1CC(=O)C12CC3CC(CC(C3)C1)C2. The Balaban J connectivity index is 1.24. The lowest BCUT2D eigenvalue weighted by atomic mass is 9.48. The number of benzene rings is 1. The van der Waals surface area contributed by atoms with Crippen LogP contribution in [0.2, 0.25) is 0 Å². The van der Waals surface area contributed by atoms with Crippen molar-refractivity contribution in [1.82, 2.24) is 10.2 Å². The van der Waals surface area contributed by atoms with Gasteiger partial charge >= 0.3 is 0 Å². The Bertz CT molecular complexity index is 860. The molecule has 166 valence electrons. The second-order valence-corrected chi connectivity index (χ2v) is 10.3. The van der Waals surface area contributed by atoms with Crippen molar-refractivity contribution in [2.24, 2.45) is 23.2 Å². The molecule has 6 heteroatoms. The zero-order valence-corrected chi connectivity index (χ0v) is 18.3. The number of hydrogen-bond acceptors (Lipinski definition) is 5. The molecule has 1 atom stereocenters. The van der Waals surface area contributed by atoms with Gasteiger partial charge in [-0.25, -0.2) is 0 Å². The van der Waals surface area contributed by atoms with Gasteiger partial charge in [-0.1, -0.05) is 12.1 Å². The Kier molecular flexibility index (Phi) is 5.37. The molecule has 2 amide bonds. The lowest BCUT2D eigenvalue weighted by Crippen LogP contribution is -2.54. The molecule has 1 saturated heterocycles. The first-order valence-electron chi connectivity index (χ1n) is 11.7. The van der Waals surface area contributed by atoms with Gasteiger partial charge in [0.2, 0.25) is 5.91 Å². The largest absolute Gasteiger partial charge is 0.496 e. The van der Waals surface area contributed by atoms with Crippen molar-refractivity contribution in [3.63, 3.8) is 0 Å². The molecular formula is C25H32N2O4. The number of hydrogen-bond donors (Lipinski definition) is 1. The Morgan fingerprint density at radius 3 is 2.35 bits per heavy atom. The molecule has 5 aliphatic rings. The van der Waals surface area contributed by atoms with Gasteiger partial charge in [-0.15, -0.1) is 0 Å². The zero-order valence-electron chi connectivity index (χ0n) is 18.3. The summed E-state index contributed by atoms with van der Waals surface area (Å²) in [5.41, 5.74) is 0.193. The van der Waals surface area contributed by atoms with Gasteiger partial charge in [0.15, 0.2) is 5.78 Å². The second kappa shape index (κ2) is 8.05. The van der Waals surface area contributed by atoms with Crippen molar-refractivity contribution in [3.05, 3.63) is 29.8 Å². The fourth-order valence-corrected chi connectivity index (χ4v) is 7.21. The van der Waals surface area contributed by atoms with E-state index in [2.05, 4.69) is 5.32 Å². The highest BCUT2D eigenvalue weighted by Gasteiger charge is 2.54. The molecule has 1 N–H and O–H groups in total. The number of imide groups is 1. The van der Waals surface area contributed by atoms with Gasteiger partial charge in [0.1, 0.15) is 5.75 Å². The molecule has 5 fully saturated rings. The Hall–Kier alpha value is -2.21. The number of rotatable bonds is 6. The van der Waals surface area contributed by atoms with Crippen molar-refractivity contribution in [1.29, 1.82) is 0 Å².